The Balaban J connectivity index is 2.51. The van der Waals surface area contributed by atoms with E-state index in [1.807, 2.05) is 6.07 Å². The van der Waals surface area contributed by atoms with Crippen molar-refractivity contribution in [2.75, 3.05) is 18.9 Å². The lowest BCUT2D eigenvalue weighted by Gasteiger charge is -2.09. The Morgan fingerprint density at radius 3 is 3.00 bits per heavy atom. The first-order valence-corrected chi connectivity index (χ1v) is 5.43. The maximum absolute atomic E-state index is 13.1. The molecule has 0 aliphatic rings. The van der Waals surface area contributed by atoms with E-state index in [1.165, 1.54) is 6.07 Å². The average Bonchev–Trinajstić information content (AvgIpc) is 2.32. The number of hydrogen-bond donors (Lipinski definition) is 2. The lowest BCUT2D eigenvalue weighted by Crippen LogP contribution is -2.29. The Bertz CT molecular complexity index is 488. The van der Waals surface area contributed by atoms with E-state index in [9.17, 15) is 9.18 Å². The van der Waals surface area contributed by atoms with Crippen molar-refractivity contribution in [2.45, 2.75) is 6.42 Å². The Kier molecular flexibility index (Phi) is 5.21. The average molecular weight is 272 g/mol. The number of ether oxygens (including phenoxy) is 1. The summed E-state index contributed by atoms with van der Waals surface area (Å²) < 4.78 is 18.2. The number of nitrogens with two attached hydrogens (primary N) is 1. The number of benzene rings is 1. The molecule has 0 bridgehead atoms. The fourth-order valence-corrected chi connectivity index (χ4v) is 1.33. The summed E-state index contributed by atoms with van der Waals surface area (Å²) in [6, 6.07) is 4.10. The molecule has 0 fully saturated rings. The number of anilines is 1. The number of amides is 1. The number of nitriles is 1. The number of hydrogen-bond acceptors (Lipinski definition) is 4. The molecule has 3 N–H and O–H groups in total. The van der Waals surface area contributed by atoms with Gasteiger partial charge in [0.2, 0.25) is 0 Å². The van der Waals surface area contributed by atoms with E-state index in [2.05, 4.69) is 5.32 Å². The van der Waals surface area contributed by atoms with Gasteiger partial charge < -0.3 is 15.8 Å². The molecular weight excluding hydrogens is 261 g/mol. The van der Waals surface area contributed by atoms with Crippen LogP contribution in [0.4, 0.5) is 10.1 Å². The van der Waals surface area contributed by atoms with Crippen molar-refractivity contribution >= 4 is 23.2 Å². The molecule has 18 heavy (non-hydrogen) atoms. The third-order valence-electron chi connectivity index (χ3n) is 1.97. The summed E-state index contributed by atoms with van der Waals surface area (Å²) in [5.74, 6) is -1.04. The summed E-state index contributed by atoms with van der Waals surface area (Å²) in [6.07, 6.45) is 0.211. The van der Waals surface area contributed by atoms with Crippen LogP contribution in [-0.4, -0.2) is 19.1 Å². The number of nitrogens with zero attached hydrogens (tertiary/aromatic N) is 1. The van der Waals surface area contributed by atoms with Crippen LogP contribution in [0.15, 0.2) is 12.1 Å². The van der Waals surface area contributed by atoms with Crippen LogP contribution in [0.5, 0.6) is 5.75 Å². The fourth-order valence-electron chi connectivity index (χ4n) is 1.11. The summed E-state index contributed by atoms with van der Waals surface area (Å²) in [4.78, 5) is 11.2. The van der Waals surface area contributed by atoms with Crippen molar-refractivity contribution < 1.29 is 13.9 Å². The topological polar surface area (TPSA) is 88.1 Å². The summed E-state index contributed by atoms with van der Waals surface area (Å²) in [6.45, 7) is -0.0724. The first-order valence-electron chi connectivity index (χ1n) is 5.05. The van der Waals surface area contributed by atoms with Gasteiger partial charge in [0.1, 0.15) is 11.6 Å². The maximum atomic E-state index is 13.1. The van der Waals surface area contributed by atoms with Crippen LogP contribution in [-0.2, 0) is 4.79 Å². The molecule has 1 aromatic carbocycles. The molecule has 96 valence electrons. The van der Waals surface area contributed by atoms with Crippen molar-refractivity contribution in [1.82, 2.24) is 5.32 Å². The normalized spacial score (nSPS) is 9.61. The first-order chi connectivity index (χ1) is 8.54. The highest BCUT2D eigenvalue weighted by atomic mass is 35.5. The number of nitrogens with one attached hydrogen (secondary N) is 1. The number of carbonyl (C=O) groups is 1. The van der Waals surface area contributed by atoms with Crippen LogP contribution in [0.25, 0.3) is 0 Å². The lowest BCUT2D eigenvalue weighted by atomic mass is 10.3. The molecule has 0 saturated heterocycles. The van der Waals surface area contributed by atoms with Gasteiger partial charge in [0.25, 0.3) is 5.91 Å². The molecule has 0 aromatic heterocycles. The Labute approximate surface area is 108 Å². The van der Waals surface area contributed by atoms with Crippen molar-refractivity contribution in [3.8, 4) is 11.8 Å². The SMILES string of the molecule is N#CCCNC(=O)COc1cc(F)c(N)cc1Cl. The van der Waals surface area contributed by atoms with Crippen molar-refractivity contribution in [3.63, 3.8) is 0 Å². The van der Waals surface area contributed by atoms with E-state index < -0.39 is 11.7 Å². The van der Waals surface area contributed by atoms with E-state index in [0.717, 1.165) is 6.07 Å². The molecule has 0 atom stereocenters. The quantitative estimate of drug-likeness (QED) is 0.627. The molecule has 0 radical (unpaired) electrons. The molecule has 1 aromatic rings. The number of nitrogen functional groups attached to an aromatic ring is 1. The van der Waals surface area contributed by atoms with Crippen LogP contribution in [0.3, 0.4) is 0 Å². The fraction of sp³-hybridized carbons (Fsp3) is 0.273. The highest BCUT2D eigenvalue weighted by molar-refractivity contribution is 6.32. The summed E-state index contributed by atoms with van der Waals surface area (Å²) in [7, 11) is 0. The van der Waals surface area contributed by atoms with Gasteiger partial charge in [-0.15, -0.1) is 0 Å². The summed E-state index contributed by atoms with van der Waals surface area (Å²) in [5.41, 5.74) is 5.21. The zero-order valence-corrected chi connectivity index (χ0v) is 10.1. The van der Waals surface area contributed by atoms with Crippen molar-refractivity contribution in [2.24, 2.45) is 0 Å². The molecule has 0 aliphatic carbocycles. The molecule has 0 spiro atoms. The van der Waals surface area contributed by atoms with Gasteiger partial charge in [0, 0.05) is 12.6 Å². The largest absolute Gasteiger partial charge is 0.482 e. The molecule has 1 amide bonds. The third-order valence-corrected chi connectivity index (χ3v) is 2.26. The lowest BCUT2D eigenvalue weighted by molar-refractivity contribution is -0.123. The van der Waals surface area contributed by atoms with Gasteiger partial charge in [-0.3, -0.25) is 4.79 Å². The molecule has 0 heterocycles. The van der Waals surface area contributed by atoms with Gasteiger partial charge in [-0.05, 0) is 6.07 Å². The Morgan fingerprint density at radius 2 is 2.33 bits per heavy atom. The van der Waals surface area contributed by atoms with Gasteiger partial charge >= 0.3 is 0 Å². The highest BCUT2D eigenvalue weighted by Crippen LogP contribution is 2.28. The van der Waals surface area contributed by atoms with Crippen molar-refractivity contribution in [1.29, 1.82) is 5.26 Å². The molecule has 0 saturated carbocycles. The highest BCUT2D eigenvalue weighted by Gasteiger charge is 2.09. The summed E-state index contributed by atoms with van der Waals surface area (Å²) >= 11 is 5.77. The monoisotopic (exact) mass is 271 g/mol. The number of halogens is 2. The minimum Gasteiger partial charge on any atom is -0.482 e. The zero-order valence-electron chi connectivity index (χ0n) is 9.37. The van der Waals surface area contributed by atoms with Crippen LogP contribution in [0.1, 0.15) is 6.42 Å². The van der Waals surface area contributed by atoms with Gasteiger partial charge in [-0.2, -0.15) is 5.26 Å². The van der Waals surface area contributed by atoms with E-state index in [-0.39, 0.29) is 36.0 Å². The standard InChI is InChI=1S/C11H11ClFN3O2/c12-7-4-9(15)8(13)5-10(7)18-6-11(17)16-3-1-2-14/h4-5H,1,3,6,15H2,(H,16,17). The Hall–Kier alpha value is -2.00. The molecule has 0 unspecified atom stereocenters. The molecule has 5 nitrogen and oxygen atoms in total. The predicted octanol–water partition coefficient (Wildman–Crippen LogP) is 1.47. The minimum atomic E-state index is -0.667. The van der Waals surface area contributed by atoms with E-state index in [4.69, 9.17) is 27.3 Å². The smallest absolute Gasteiger partial charge is 0.257 e. The van der Waals surface area contributed by atoms with Crippen LogP contribution in [0.2, 0.25) is 5.02 Å². The number of carbonyl (C=O) groups excluding carboxylic acids is 1. The molecule has 0 aliphatic heterocycles. The van der Waals surface area contributed by atoms with E-state index in [0.29, 0.717) is 0 Å². The van der Waals surface area contributed by atoms with Crippen LogP contribution in [0, 0.1) is 17.1 Å². The molecule has 1 rings (SSSR count). The second-order valence-corrected chi connectivity index (χ2v) is 3.76. The maximum Gasteiger partial charge on any atom is 0.257 e. The second kappa shape index (κ2) is 6.67. The second-order valence-electron chi connectivity index (χ2n) is 3.35. The predicted molar refractivity (Wildman–Crippen MR) is 64.6 cm³/mol. The van der Waals surface area contributed by atoms with Gasteiger partial charge in [-0.25, -0.2) is 4.39 Å². The van der Waals surface area contributed by atoms with Crippen LogP contribution >= 0.6 is 11.6 Å². The van der Waals surface area contributed by atoms with Gasteiger partial charge in [0.05, 0.1) is 23.2 Å². The summed E-state index contributed by atoms with van der Waals surface area (Å²) in [5, 5.41) is 10.9. The van der Waals surface area contributed by atoms with Gasteiger partial charge in [-0.1, -0.05) is 11.6 Å². The molecular formula is C11H11ClFN3O2. The molecule has 7 heteroatoms. The van der Waals surface area contributed by atoms with Crippen LogP contribution < -0.4 is 15.8 Å². The third kappa shape index (κ3) is 4.11. The minimum absolute atomic E-state index is 0.0406. The number of rotatable bonds is 5. The zero-order chi connectivity index (χ0) is 13.5. The van der Waals surface area contributed by atoms with Crippen molar-refractivity contribution in [3.05, 3.63) is 23.0 Å². The first kappa shape index (κ1) is 14.1. The Morgan fingerprint density at radius 1 is 1.61 bits per heavy atom. The van der Waals surface area contributed by atoms with E-state index in [1.54, 1.807) is 0 Å². The van der Waals surface area contributed by atoms with E-state index >= 15 is 0 Å². The van der Waals surface area contributed by atoms with Gasteiger partial charge in [0.15, 0.2) is 6.61 Å².